The molecule has 2 aromatic carbocycles. The molecular weight excluding hydrogens is 337 g/mol. The maximum atomic E-state index is 13.5. The van der Waals surface area contributed by atoms with Gasteiger partial charge in [-0.2, -0.15) is 0 Å². The largest absolute Gasteiger partial charge is 0.396 e. The third kappa shape index (κ3) is 2.93. The van der Waals surface area contributed by atoms with Gasteiger partial charge in [0.2, 0.25) is 0 Å². The number of nitrogen functional groups attached to an aromatic ring is 1. The molecule has 3 N–H and O–H groups in total. The first kappa shape index (κ1) is 14.4. The van der Waals surface area contributed by atoms with Crippen molar-refractivity contribution >= 4 is 33.2 Å². The number of nitrogens with two attached hydrogens (primary N) is 1. The zero-order valence-corrected chi connectivity index (χ0v) is 11.5. The molecule has 0 radical (unpaired) electrons. The molecule has 0 bridgehead atoms. The Morgan fingerprint density at radius 3 is 2.40 bits per heavy atom. The van der Waals surface area contributed by atoms with Crippen molar-refractivity contribution < 1.29 is 18.0 Å². The van der Waals surface area contributed by atoms with Gasteiger partial charge in [-0.25, -0.2) is 13.2 Å². The van der Waals surface area contributed by atoms with Crippen molar-refractivity contribution in [2.24, 2.45) is 0 Å². The standard InChI is InChI=1S/C13H8BrF3N2O/c14-7-4-12(10(17)5-9(7)16)19-13(20)6-1-2-8(15)11(18)3-6/h1-5H,18H2,(H,19,20). The molecule has 0 saturated heterocycles. The summed E-state index contributed by atoms with van der Waals surface area (Å²) in [7, 11) is 0. The summed E-state index contributed by atoms with van der Waals surface area (Å²) < 4.78 is 39.5. The van der Waals surface area contributed by atoms with E-state index in [0.29, 0.717) is 6.07 Å². The molecule has 20 heavy (non-hydrogen) atoms. The van der Waals surface area contributed by atoms with Gasteiger partial charge >= 0.3 is 0 Å². The van der Waals surface area contributed by atoms with Crippen LogP contribution < -0.4 is 11.1 Å². The first-order chi connectivity index (χ1) is 9.38. The Balaban J connectivity index is 2.27. The summed E-state index contributed by atoms with van der Waals surface area (Å²) in [6.45, 7) is 0. The van der Waals surface area contributed by atoms with Crippen LogP contribution in [0.5, 0.6) is 0 Å². The van der Waals surface area contributed by atoms with Crippen molar-refractivity contribution in [2.75, 3.05) is 11.1 Å². The highest BCUT2D eigenvalue weighted by atomic mass is 79.9. The van der Waals surface area contributed by atoms with Crippen molar-refractivity contribution in [3.63, 3.8) is 0 Å². The minimum absolute atomic E-state index is 0.00724. The predicted molar refractivity (Wildman–Crippen MR) is 72.8 cm³/mol. The Bertz CT molecular complexity index is 692. The molecule has 0 aliphatic rings. The number of rotatable bonds is 2. The lowest BCUT2D eigenvalue weighted by Gasteiger charge is -2.08. The summed E-state index contributed by atoms with van der Waals surface area (Å²) in [4.78, 5) is 11.9. The van der Waals surface area contributed by atoms with Gasteiger partial charge in [0.25, 0.3) is 5.91 Å². The van der Waals surface area contributed by atoms with E-state index in [9.17, 15) is 18.0 Å². The third-order valence-electron chi connectivity index (χ3n) is 2.52. The number of carbonyl (C=O) groups excluding carboxylic acids is 1. The van der Waals surface area contributed by atoms with Gasteiger partial charge in [0, 0.05) is 11.6 Å². The van der Waals surface area contributed by atoms with Crippen molar-refractivity contribution in [3.05, 3.63) is 57.8 Å². The summed E-state index contributed by atoms with van der Waals surface area (Å²) >= 11 is 2.88. The molecule has 0 atom stereocenters. The average molecular weight is 345 g/mol. The van der Waals surface area contributed by atoms with Crippen LogP contribution in [0.25, 0.3) is 0 Å². The number of nitrogens with one attached hydrogen (secondary N) is 1. The Hall–Kier alpha value is -2.02. The van der Waals surface area contributed by atoms with Gasteiger partial charge in [0.05, 0.1) is 15.8 Å². The van der Waals surface area contributed by atoms with Crippen LogP contribution in [0.1, 0.15) is 10.4 Å². The fourth-order valence-electron chi connectivity index (χ4n) is 1.50. The van der Waals surface area contributed by atoms with Gasteiger partial charge in [-0.1, -0.05) is 0 Å². The van der Waals surface area contributed by atoms with E-state index in [-0.39, 0.29) is 21.4 Å². The van der Waals surface area contributed by atoms with E-state index >= 15 is 0 Å². The second kappa shape index (κ2) is 5.54. The van der Waals surface area contributed by atoms with Crippen LogP contribution in [-0.2, 0) is 0 Å². The zero-order chi connectivity index (χ0) is 14.9. The molecule has 104 valence electrons. The molecule has 0 heterocycles. The number of benzene rings is 2. The van der Waals surface area contributed by atoms with Crippen LogP contribution >= 0.6 is 15.9 Å². The molecule has 0 saturated carbocycles. The fourth-order valence-corrected chi connectivity index (χ4v) is 1.84. The van der Waals surface area contributed by atoms with Crippen molar-refractivity contribution in [3.8, 4) is 0 Å². The number of hydrogen-bond acceptors (Lipinski definition) is 2. The lowest BCUT2D eigenvalue weighted by atomic mass is 10.1. The number of amides is 1. The Morgan fingerprint density at radius 1 is 1.05 bits per heavy atom. The number of halogens is 4. The predicted octanol–water partition coefficient (Wildman–Crippen LogP) is 3.70. The molecular formula is C13H8BrF3N2O. The lowest BCUT2D eigenvalue weighted by Crippen LogP contribution is -2.13. The molecule has 0 aromatic heterocycles. The van der Waals surface area contributed by atoms with E-state index in [2.05, 4.69) is 21.2 Å². The number of hydrogen-bond donors (Lipinski definition) is 2. The number of carbonyl (C=O) groups is 1. The molecule has 0 spiro atoms. The molecule has 7 heteroatoms. The van der Waals surface area contributed by atoms with E-state index in [4.69, 9.17) is 5.73 Å². The number of anilines is 2. The van der Waals surface area contributed by atoms with E-state index in [1.165, 1.54) is 6.07 Å². The minimum Gasteiger partial charge on any atom is -0.396 e. The highest BCUT2D eigenvalue weighted by molar-refractivity contribution is 9.10. The monoisotopic (exact) mass is 344 g/mol. The van der Waals surface area contributed by atoms with Crippen LogP contribution in [0.3, 0.4) is 0 Å². The van der Waals surface area contributed by atoms with Crippen molar-refractivity contribution in [2.45, 2.75) is 0 Å². The summed E-state index contributed by atoms with van der Waals surface area (Å²) in [5.74, 6) is -3.05. The summed E-state index contributed by atoms with van der Waals surface area (Å²) in [5.41, 5.74) is 5.00. The molecule has 3 nitrogen and oxygen atoms in total. The van der Waals surface area contributed by atoms with Crippen LogP contribution in [0.4, 0.5) is 24.5 Å². The van der Waals surface area contributed by atoms with Crippen molar-refractivity contribution in [1.29, 1.82) is 0 Å². The fraction of sp³-hybridized carbons (Fsp3) is 0. The maximum Gasteiger partial charge on any atom is 0.255 e. The molecule has 0 unspecified atom stereocenters. The molecule has 2 aromatic rings. The van der Waals surface area contributed by atoms with Gasteiger partial charge < -0.3 is 11.1 Å². The molecule has 0 aliphatic carbocycles. The summed E-state index contributed by atoms with van der Waals surface area (Å²) in [6, 6.07) is 5.09. The average Bonchev–Trinajstić information content (AvgIpc) is 2.39. The molecule has 1 amide bonds. The summed E-state index contributed by atoms with van der Waals surface area (Å²) in [5, 5.41) is 2.25. The highest BCUT2D eigenvalue weighted by Crippen LogP contribution is 2.24. The smallest absolute Gasteiger partial charge is 0.255 e. The maximum absolute atomic E-state index is 13.5. The molecule has 0 fully saturated rings. The second-order valence-corrected chi connectivity index (χ2v) is 4.79. The van der Waals surface area contributed by atoms with Gasteiger partial charge in [0.1, 0.15) is 17.5 Å². The van der Waals surface area contributed by atoms with Gasteiger partial charge in [0.15, 0.2) is 0 Å². The molecule has 2 rings (SSSR count). The topological polar surface area (TPSA) is 55.1 Å². The van der Waals surface area contributed by atoms with Gasteiger partial charge in [-0.3, -0.25) is 4.79 Å². The van der Waals surface area contributed by atoms with Crippen LogP contribution in [0, 0.1) is 17.5 Å². The first-order valence-corrected chi connectivity index (χ1v) is 6.18. The van der Waals surface area contributed by atoms with E-state index in [1.807, 2.05) is 0 Å². The first-order valence-electron chi connectivity index (χ1n) is 5.39. The van der Waals surface area contributed by atoms with E-state index in [0.717, 1.165) is 18.2 Å². The summed E-state index contributed by atoms with van der Waals surface area (Å²) in [6.07, 6.45) is 0. The zero-order valence-electron chi connectivity index (χ0n) is 9.88. The van der Waals surface area contributed by atoms with Crippen LogP contribution in [-0.4, -0.2) is 5.91 Å². The Kier molecular flexibility index (Phi) is 3.99. The normalized spacial score (nSPS) is 10.4. The second-order valence-electron chi connectivity index (χ2n) is 3.94. The van der Waals surface area contributed by atoms with E-state index in [1.54, 1.807) is 0 Å². The van der Waals surface area contributed by atoms with Gasteiger partial charge in [-0.15, -0.1) is 0 Å². The van der Waals surface area contributed by atoms with Crippen LogP contribution in [0.2, 0.25) is 0 Å². The highest BCUT2D eigenvalue weighted by Gasteiger charge is 2.13. The Labute approximate surface area is 120 Å². The molecule has 0 aliphatic heterocycles. The van der Waals surface area contributed by atoms with Crippen LogP contribution in [0.15, 0.2) is 34.8 Å². The Morgan fingerprint density at radius 2 is 1.75 bits per heavy atom. The van der Waals surface area contributed by atoms with Gasteiger partial charge in [-0.05, 0) is 40.2 Å². The van der Waals surface area contributed by atoms with Crippen molar-refractivity contribution in [1.82, 2.24) is 0 Å². The SMILES string of the molecule is Nc1cc(C(=O)Nc2cc(Br)c(F)cc2F)ccc1F. The lowest BCUT2D eigenvalue weighted by molar-refractivity contribution is 0.102. The minimum atomic E-state index is -0.922. The quantitative estimate of drug-likeness (QED) is 0.644. The third-order valence-corrected chi connectivity index (χ3v) is 3.12. The van der Waals surface area contributed by atoms with E-state index < -0.39 is 23.4 Å².